The second kappa shape index (κ2) is 9.87. The van der Waals surface area contributed by atoms with Crippen LogP contribution >= 0.6 is 0 Å². The lowest BCUT2D eigenvalue weighted by molar-refractivity contribution is 0.0521. The maximum Gasteiger partial charge on any atom is 0.357 e. The van der Waals surface area contributed by atoms with Crippen molar-refractivity contribution in [2.24, 2.45) is 0 Å². The first-order chi connectivity index (χ1) is 19.6. The Morgan fingerprint density at radius 2 is 1.55 bits per heavy atom. The number of rotatable bonds is 4. The molecule has 0 bridgehead atoms. The molecule has 1 aliphatic rings. The van der Waals surface area contributed by atoms with Crippen LogP contribution in [0, 0.1) is 5.82 Å². The maximum atomic E-state index is 14.1. The standard InChI is InChI=1S/C36H28FNO2/c1-2-40-36(39)35-27-10-6-4-8-24(27)21-33(38-35)32-20-18-30-29-16-13-22-7-3-5-9-26(22)28(29)17-19-31(30)34(32)23-11-14-25(37)15-12-23/h3-17,19,21,32,34H,2,18,20H2,1H3. The van der Waals surface area contributed by atoms with Gasteiger partial charge in [-0.15, -0.1) is 0 Å². The van der Waals surface area contributed by atoms with Crippen molar-refractivity contribution in [2.45, 2.75) is 31.6 Å². The van der Waals surface area contributed by atoms with Gasteiger partial charge in [0.1, 0.15) is 5.82 Å². The molecule has 0 fully saturated rings. The van der Waals surface area contributed by atoms with Crippen LogP contribution in [0.2, 0.25) is 0 Å². The Kier molecular flexibility index (Phi) is 6.04. The molecule has 0 spiro atoms. The summed E-state index contributed by atoms with van der Waals surface area (Å²) >= 11 is 0. The van der Waals surface area contributed by atoms with E-state index in [-0.39, 0.29) is 24.3 Å². The highest BCUT2D eigenvalue weighted by molar-refractivity contribution is 6.09. The summed E-state index contributed by atoms with van der Waals surface area (Å²) in [5, 5.41) is 6.74. The number of esters is 1. The number of pyridine rings is 1. The van der Waals surface area contributed by atoms with E-state index in [0.717, 1.165) is 34.9 Å². The van der Waals surface area contributed by atoms with E-state index in [9.17, 15) is 9.18 Å². The van der Waals surface area contributed by atoms with Gasteiger partial charge in [-0.2, -0.15) is 0 Å². The molecule has 196 valence electrons. The molecule has 0 amide bonds. The van der Waals surface area contributed by atoms with Crippen LogP contribution in [-0.4, -0.2) is 17.6 Å². The van der Waals surface area contributed by atoms with Gasteiger partial charge in [0.2, 0.25) is 0 Å². The van der Waals surface area contributed by atoms with Crippen molar-refractivity contribution < 1.29 is 13.9 Å². The minimum Gasteiger partial charge on any atom is -0.461 e. The Bertz CT molecular complexity index is 1910. The lowest BCUT2D eigenvalue weighted by Crippen LogP contribution is -2.22. The summed E-state index contributed by atoms with van der Waals surface area (Å²) in [6.07, 6.45) is 1.74. The largest absolute Gasteiger partial charge is 0.461 e. The van der Waals surface area contributed by atoms with Crippen LogP contribution in [-0.2, 0) is 11.2 Å². The number of hydrogen-bond acceptors (Lipinski definition) is 3. The molecule has 2 atom stereocenters. The van der Waals surface area contributed by atoms with Crippen molar-refractivity contribution in [1.82, 2.24) is 4.98 Å². The minimum atomic E-state index is -0.409. The van der Waals surface area contributed by atoms with Gasteiger partial charge in [0.25, 0.3) is 0 Å². The van der Waals surface area contributed by atoms with E-state index in [2.05, 4.69) is 54.6 Å². The smallest absolute Gasteiger partial charge is 0.357 e. The molecule has 0 saturated heterocycles. The number of carbonyl (C=O) groups is 1. The minimum absolute atomic E-state index is 0.00801. The number of hydrogen-bond donors (Lipinski definition) is 0. The molecule has 0 aliphatic heterocycles. The van der Waals surface area contributed by atoms with Gasteiger partial charge < -0.3 is 4.74 Å². The van der Waals surface area contributed by atoms with E-state index in [1.807, 2.05) is 36.4 Å². The summed E-state index contributed by atoms with van der Waals surface area (Å²) in [4.78, 5) is 18.0. The normalized spacial score (nSPS) is 16.8. The van der Waals surface area contributed by atoms with Crippen LogP contribution < -0.4 is 0 Å². The Morgan fingerprint density at radius 1 is 0.825 bits per heavy atom. The second-order valence-corrected chi connectivity index (χ2v) is 10.5. The van der Waals surface area contributed by atoms with Gasteiger partial charge in [-0.1, -0.05) is 84.9 Å². The zero-order chi connectivity index (χ0) is 27.2. The average Bonchev–Trinajstić information content (AvgIpc) is 3.00. The Hall–Kier alpha value is -4.57. The van der Waals surface area contributed by atoms with Gasteiger partial charge in [0.05, 0.1) is 6.61 Å². The molecule has 5 aromatic carbocycles. The molecule has 6 aromatic rings. The van der Waals surface area contributed by atoms with Crippen LogP contribution in [0.5, 0.6) is 0 Å². The number of halogens is 1. The van der Waals surface area contributed by atoms with Crippen LogP contribution in [0.4, 0.5) is 4.39 Å². The van der Waals surface area contributed by atoms with Gasteiger partial charge in [-0.3, -0.25) is 0 Å². The zero-order valence-corrected chi connectivity index (χ0v) is 22.2. The summed E-state index contributed by atoms with van der Waals surface area (Å²) in [5.41, 5.74) is 4.82. The van der Waals surface area contributed by atoms with Crippen LogP contribution in [0.25, 0.3) is 32.3 Å². The van der Waals surface area contributed by atoms with E-state index >= 15 is 0 Å². The van der Waals surface area contributed by atoms with Gasteiger partial charge in [-0.05, 0) is 81.6 Å². The van der Waals surface area contributed by atoms with E-state index in [1.165, 1.54) is 44.8 Å². The maximum absolute atomic E-state index is 14.1. The number of carbonyl (C=O) groups excluding carboxylic acids is 1. The Morgan fingerprint density at radius 3 is 2.35 bits per heavy atom. The van der Waals surface area contributed by atoms with E-state index in [4.69, 9.17) is 9.72 Å². The summed E-state index contributed by atoms with van der Waals surface area (Å²) in [5.74, 6) is -0.694. The fourth-order valence-electron chi connectivity index (χ4n) is 6.59. The van der Waals surface area contributed by atoms with Crippen molar-refractivity contribution in [1.29, 1.82) is 0 Å². The van der Waals surface area contributed by atoms with E-state index in [1.54, 1.807) is 6.92 Å². The first-order valence-corrected chi connectivity index (χ1v) is 13.9. The van der Waals surface area contributed by atoms with Gasteiger partial charge >= 0.3 is 5.97 Å². The average molecular weight is 526 g/mol. The lowest BCUT2D eigenvalue weighted by Gasteiger charge is -2.35. The molecule has 3 nitrogen and oxygen atoms in total. The van der Waals surface area contributed by atoms with Gasteiger partial charge in [0, 0.05) is 22.9 Å². The predicted molar refractivity (Wildman–Crippen MR) is 158 cm³/mol. The summed E-state index contributed by atoms with van der Waals surface area (Å²) in [7, 11) is 0. The van der Waals surface area contributed by atoms with Gasteiger partial charge in [-0.25, -0.2) is 14.2 Å². The van der Waals surface area contributed by atoms with Crippen molar-refractivity contribution in [3.05, 3.63) is 137 Å². The fourth-order valence-corrected chi connectivity index (χ4v) is 6.59. The SMILES string of the molecule is CCOC(=O)c1nc(C2CCc3c(ccc4c3ccc3ccccc34)C2c2ccc(F)cc2)cc2ccccc12. The third-order valence-electron chi connectivity index (χ3n) is 8.35. The van der Waals surface area contributed by atoms with E-state index in [0.29, 0.717) is 5.69 Å². The van der Waals surface area contributed by atoms with Gasteiger partial charge in [0.15, 0.2) is 5.69 Å². The topological polar surface area (TPSA) is 39.2 Å². The monoisotopic (exact) mass is 525 g/mol. The molecular formula is C36H28FNO2. The Labute approximate surface area is 232 Å². The van der Waals surface area contributed by atoms with Crippen molar-refractivity contribution in [3.63, 3.8) is 0 Å². The molecule has 0 N–H and O–H groups in total. The molecule has 0 saturated carbocycles. The quantitative estimate of drug-likeness (QED) is 0.171. The number of fused-ring (bicyclic) bond motifs is 6. The summed E-state index contributed by atoms with van der Waals surface area (Å²) in [6.45, 7) is 2.09. The molecule has 40 heavy (non-hydrogen) atoms. The third kappa shape index (κ3) is 4.03. The van der Waals surface area contributed by atoms with E-state index < -0.39 is 5.97 Å². The number of aryl methyl sites for hydroxylation is 1. The van der Waals surface area contributed by atoms with Crippen molar-refractivity contribution >= 4 is 38.3 Å². The Balaban J connectivity index is 1.44. The predicted octanol–water partition coefficient (Wildman–Crippen LogP) is 8.72. The highest BCUT2D eigenvalue weighted by Crippen LogP contribution is 2.48. The first kappa shape index (κ1) is 24.5. The van der Waals surface area contributed by atoms with Crippen molar-refractivity contribution in [3.8, 4) is 0 Å². The molecule has 7 rings (SSSR count). The van der Waals surface area contributed by atoms with Crippen molar-refractivity contribution in [2.75, 3.05) is 6.61 Å². The number of benzene rings is 5. The highest BCUT2D eigenvalue weighted by atomic mass is 19.1. The molecule has 1 heterocycles. The number of nitrogens with zero attached hydrogens (tertiary/aromatic N) is 1. The number of aromatic nitrogens is 1. The molecule has 4 heteroatoms. The van der Waals surface area contributed by atoms with Crippen LogP contribution in [0.1, 0.15) is 58.1 Å². The highest BCUT2D eigenvalue weighted by Gasteiger charge is 2.34. The third-order valence-corrected chi connectivity index (χ3v) is 8.35. The molecule has 1 aromatic heterocycles. The summed E-state index contributed by atoms with van der Waals surface area (Å²) in [6, 6.07) is 34.2. The fraction of sp³-hybridized carbons (Fsp3) is 0.167. The van der Waals surface area contributed by atoms with Crippen LogP contribution in [0.15, 0.2) is 103 Å². The first-order valence-electron chi connectivity index (χ1n) is 13.9. The summed E-state index contributed by atoms with van der Waals surface area (Å²) < 4.78 is 19.5. The van der Waals surface area contributed by atoms with Crippen LogP contribution in [0.3, 0.4) is 0 Å². The second-order valence-electron chi connectivity index (χ2n) is 10.5. The lowest BCUT2D eigenvalue weighted by atomic mass is 9.69. The number of ether oxygens (including phenoxy) is 1. The molecular weight excluding hydrogens is 497 g/mol. The molecule has 0 radical (unpaired) electrons. The molecule has 2 unspecified atom stereocenters. The zero-order valence-electron chi connectivity index (χ0n) is 22.2. The molecule has 1 aliphatic carbocycles.